The summed E-state index contributed by atoms with van der Waals surface area (Å²) in [6.07, 6.45) is 1.64. The molecule has 1 heterocycles. The predicted molar refractivity (Wildman–Crippen MR) is 120 cm³/mol. The lowest BCUT2D eigenvalue weighted by molar-refractivity contribution is 0.475. The second-order valence-corrected chi connectivity index (χ2v) is 15.2. The molecule has 0 amide bonds. The van der Waals surface area contributed by atoms with Crippen LogP contribution in [0, 0.1) is 0 Å². The largest absolute Gasteiger partial charge is 0.467 e. The Morgan fingerprint density at radius 2 is 1.50 bits per heavy atom. The summed E-state index contributed by atoms with van der Waals surface area (Å²) < 4.78 is 20.2. The van der Waals surface area contributed by atoms with Crippen LogP contribution in [0.3, 0.4) is 0 Å². The van der Waals surface area contributed by atoms with Gasteiger partial charge in [0.25, 0.3) is 0 Å². The summed E-state index contributed by atoms with van der Waals surface area (Å²) in [5.74, 6) is 0.723. The summed E-state index contributed by atoms with van der Waals surface area (Å²) >= 11 is 0. The maximum Gasteiger partial charge on any atom is 0.205 e. The Labute approximate surface area is 168 Å². The zero-order valence-electron chi connectivity index (χ0n) is 16.6. The van der Waals surface area contributed by atoms with Crippen LogP contribution in [-0.2, 0) is 4.57 Å². The van der Waals surface area contributed by atoms with Gasteiger partial charge in [0.1, 0.15) is 5.76 Å². The molecule has 0 unspecified atom stereocenters. The molecule has 0 bridgehead atoms. The van der Waals surface area contributed by atoms with Crippen molar-refractivity contribution < 1.29 is 8.98 Å². The van der Waals surface area contributed by atoms with Crippen LogP contribution >= 0.6 is 7.29 Å². The number of rotatable bonds is 7. The highest BCUT2D eigenvalue weighted by atomic mass is 31.2. The fourth-order valence-corrected chi connectivity index (χ4v) is 7.41. The SMILES string of the molecule is C=C=C([C@H](NP(=O)(c1ccccc1)c1ccccc1)c1ccco1)[Si](C)(C)C. The third kappa shape index (κ3) is 4.21. The summed E-state index contributed by atoms with van der Waals surface area (Å²) in [6.45, 7) is 10.6. The first kappa shape index (κ1) is 20.4. The minimum Gasteiger partial charge on any atom is -0.467 e. The number of benzene rings is 2. The van der Waals surface area contributed by atoms with Crippen LogP contribution in [0.2, 0.25) is 19.6 Å². The van der Waals surface area contributed by atoms with E-state index in [1.807, 2.05) is 72.8 Å². The van der Waals surface area contributed by atoms with Gasteiger partial charge >= 0.3 is 0 Å². The molecule has 0 aliphatic carbocycles. The van der Waals surface area contributed by atoms with Crippen molar-refractivity contribution in [2.75, 3.05) is 0 Å². The Morgan fingerprint density at radius 1 is 0.964 bits per heavy atom. The first-order valence-electron chi connectivity index (χ1n) is 9.29. The summed E-state index contributed by atoms with van der Waals surface area (Å²) in [6, 6.07) is 22.6. The maximum atomic E-state index is 14.5. The van der Waals surface area contributed by atoms with Crippen molar-refractivity contribution in [2.45, 2.75) is 25.7 Å². The van der Waals surface area contributed by atoms with Crippen LogP contribution in [-0.4, -0.2) is 8.07 Å². The second-order valence-electron chi connectivity index (χ2n) is 7.70. The first-order valence-corrected chi connectivity index (χ1v) is 14.5. The van der Waals surface area contributed by atoms with E-state index in [1.165, 1.54) is 0 Å². The van der Waals surface area contributed by atoms with Crippen LogP contribution in [0.25, 0.3) is 0 Å². The quantitative estimate of drug-likeness (QED) is 0.323. The van der Waals surface area contributed by atoms with Gasteiger partial charge < -0.3 is 4.42 Å². The number of nitrogens with one attached hydrogen (secondary N) is 1. The lowest BCUT2D eigenvalue weighted by Gasteiger charge is -2.31. The standard InChI is InChI=1S/C23H26NO2PSi/c1-5-22(28(2,3)4)23(21-17-12-18-26-21)24-27(25,19-13-8-6-9-14-19)20-15-10-7-11-16-20/h6-18,23H,1H2,2-4H3,(H,24,25)/t23-/m1/s1. The van der Waals surface area contributed by atoms with E-state index in [4.69, 9.17) is 4.42 Å². The number of hydrogen-bond acceptors (Lipinski definition) is 2. The van der Waals surface area contributed by atoms with Crippen LogP contribution in [0.1, 0.15) is 11.8 Å². The molecule has 3 aromatic rings. The van der Waals surface area contributed by atoms with Crippen molar-refractivity contribution in [3.63, 3.8) is 0 Å². The van der Waals surface area contributed by atoms with E-state index in [9.17, 15) is 4.57 Å². The molecule has 0 saturated carbocycles. The van der Waals surface area contributed by atoms with Gasteiger partial charge in [-0.25, -0.2) is 5.09 Å². The van der Waals surface area contributed by atoms with E-state index in [1.54, 1.807) is 6.26 Å². The highest BCUT2D eigenvalue weighted by molar-refractivity contribution is 7.76. The zero-order valence-corrected chi connectivity index (χ0v) is 18.4. The number of hydrogen-bond donors (Lipinski definition) is 1. The Hall–Kier alpha value is -2.35. The lowest BCUT2D eigenvalue weighted by Crippen LogP contribution is -2.37. The molecule has 5 heteroatoms. The highest BCUT2D eigenvalue weighted by Gasteiger charge is 2.37. The third-order valence-electron chi connectivity index (χ3n) is 4.67. The predicted octanol–water partition coefficient (Wildman–Crippen LogP) is 5.43. The van der Waals surface area contributed by atoms with Crippen molar-refractivity contribution in [1.82, 2.24) is 5.09 Å². The Balaban J connectivity index is 2.17. The molecule has 1 aromatic heterocycles. The Kier molecular flexibility index (Phi) is 6.07. The van der Waals surface area contributed by atoms with Crippen molar-refractivity contribution >= 4 is 26.0 Å². The normalized spacial score (nSPS) is 13.0. The first-order chi connectivity index (χ1) is 13.4. The molecule has 1 N–H and O–H groups in total. The van der Waals surface area contributed by atoms with E-state index in [0.717, 1.165) is 21.6 Å². The monoisotopic (exact) mass is 407 g/mol. The van der Waals surface area contributed by atoms with Gasteiger partial charge in [0, 0.05) is 10.6 Å². The molecule has 28 heavy (non-hydrogen) atoms. The fourth-order valence-electron chi connectivity index (χ4n) is 3.28. The van der Waals surface area contributed by atoms with E-state index in [-0.39, 0.29) is 6.04 Å². The van der Waals surface area contributed by atoms with E-state index in [0.29, 0.717) is 0 Å². The third-order valence-corrected chi connectivity index (χ3v) is 9.42. The van der Waals surface area contributed by atoms with Gasteiger partial charge in [0.15, 0.2) is 0 Å². The van der Waals surface area contributed by atoms with Gasteiger partial charge in [-0.05, 0) is 41.6 Å². The average molecular weight is 408 g/mol. The molecule has 0 fully saturated rings. The van der Waals surface area contributed by atoms with Crippen LogP contribution in [0.5, 0.6) is 0 Å². The van der Waals surface area contributed by atoms with Gasteiger partial charge in [-0.3, -0.25) is 4.57 Å². The van der Waals surface area contributed by atoms with Crippen molar-refractivity contribution in [3.05, 3.63) is 102 Å². The van der Waals surface area contributed by atoms with Crippen LogP contribution in [0.15, 0.2) is 101 Å². The fraction of sp³-hybridized carbons (Fsp3) is 0.174. The molecular weight excluding hydrogens is 381 g/mol. The van der Waals surface area contributed by atoms with Gasteiger partial charge in [0.05, 0.1) is 20.4 Å². The molecule has 2 aromatic carbocycles. The van der Waals surface area contributed by atoms with Crippen molar-refractivity contribution in [2.24, 2.45) is 0 Å². The molecule has 0 aliphatic rings. The smallest absolute Gasteiger partial charge is 0.205 e. The molecule has 0 saturated heterocycles. The van der Waals surface area contributed by atoms with Crippen molar-refractivity contribution in [3.8, 4) is 0 Å². The van der Waals surface area contributed by atoms with Gasteiger partial charge in [-0.2, -0.15) is 0 Å². The highest BCUT2D eigenvalue weighted by Crippen LogP contribution is 2.44. The topological polar surface area (TPSA) is 42.2 Å². The second kappa shape index (κ2) is 8.34. The summed E-state index contributed by atoms with van der Waals surface area (Å²) in [7, 11) is -4.94. The minimum atomic E-state index is -3.13. The van der Waals surface area contributed by atoms with Crippen molar-refractivity contribution in [1.29, 1.82) is 0 Å². The summed E-state index contributed by atoms with van der Waals surface area (Å²) in [4.78, 5) is 0. The molecule has 1 atom stereocenters. The Bertz CT molecular complexity index is 958. The summed E-state index contributed by atoms with van der Waals surface area (Å²) in [5, 5.41) is 6.04. The van der Waals surface area contributed by atoms with Gasteiger partial charge in [-0.1, -0.05) is 62.6 Å². The van der Waals surface area contributed by atoms with Crippen LogP contribution < -0.4 is 15.7 Å². The van der Waals surface area contributed by atoms with E-state index >= 15 is 0 Å². The lowest BCUT2D eigenvalue weighted by atomic mass is 10.2. The number of furan rings is 1. The molecule has 144 valence electrons. The summed E-state index contributed by atoms with van der Waals surface area (Å²) in [5.41, 5.74) is 3.14. The van der Waals surface area contributed by atoms with E-state index in [2.05, 4.69) is 37.0 Å². The molecule has 0 radical (unpaired) electrons. The van der Waals surface area contributed by atoms with Gasteiger partial charge in [0.2, 0.25) is 7.29 Å². The molecule has 3 nitrogen and oxygen atoms in total. The zero-order chi connectivity index (χ0) is 20.2. The van der Waals surface area contributed by atoms with Gasteiger partial charge in [-0.15, -0.1) is 5.73 Å². The minimum absolute atomic E-state index is 0.356. The van der Waals surface area contributed by atoms with E-state index < -0.39 is 15.4 Å². The van der Waals surface area contributed by atoms with Crippen LogP contribution in [0.4, 0.5) is 0 Å². The molecule has 3 rings (SSSR count). The maximum absolute atomic E-state index is 14.5. The Morgan fingerprint density at radius 3 is 1.89 bits per heavy atom. The molecule has 0 aliphatic heterocycles. The molecule has 0 spiro atoms. The molecular formula is C23H26NO2PSi. The average Bonchev–Trinajstić information content (AvgIpc) is 3.22.